The molecule has 0 fully saturated rings. The van der Waals surface area contributed by atoms with Crippen LogP contribution >= 0.6 is 0 Å². The third kappa shape index (κ3) is 5.53. The molecule has 0 aliphatic heterocycles. The Bertz CT molecular complexity index is 585. The van der Waals surface area contributed by atoms with E-state index in [1.54, 1.807) is 24.3 Å². The molecule has 0 aromatic heterocycles. The second-order valence-corrected chi connectivity index (χ2v) is 5.13. The van der Waals surface area contributed by atoms with E-state index in [0.717, 1.165) is 16.9 Å². The van der Waals surface area contributed by atoms with E-state index in [4.69, 9.17) is 4.74 Å². The first-order valence-corrected chi connectivity index (χ1v) is 7.58. The quantitative estimate of drug-likeness (QED) is 0.774. The van der Waals surface area contributed by atoms with Gasteiger partial charge in [-0.1, -0.05) is 24.3 Å². The van der Waals surface area contributed by atoms with Crippen LogP contribution in [0.4, 0.5) is 8.78 Å². The van der Waals surface area contributed by atoms with Crippen LogP contribution in [0.2, 0.25) is 0 Å². The van der Waals surface area contributed by atoms with Gasteiger partial charge in [0.1, 0.15) is 11.5 Å². The van der Waals surface area contributed by atoms with Crippen molar-refractivity contribution in [1.82, 2.24) is 5.32 Å². The van der Waals surface area contributed by atoms with E-state index in [1.165, 1.54) is 0 Å². The minimum absolute atomic E-state index is 0.169. The molecule has 0 aliphatic rings. The Labute approximate surface area is 135 Å². The fourth-order valence-corrected chi connectivity index (χ4v) is 2.20. The first kappa shape index (κ1) is 17.2. The number of hydrogen-bond acceptors (Lipinski definition) is 3. The van der Waals surface area contributed by atoms with E-state index < -0.39 is 6.61 Å². The molecule has 0 saturated carbocycles. The number of ether oxygens (including phenoxy) is 2. The molecule has 23 heavy (non-hydrogen) atoms. The van der Waals surface area contributed by atoms with Gasteiger partial charge in [-0.05, 0) is 49.2 Å². The summed E-state index contributed by atoms with van der Waals surface area (Å²) in [7, 11) is 0. The van der Waals surface area contributed by atoms with E-state index in [2.05, 4.69) is 17.0 Å². The Morgan fingerprint density at radius 2 is 1.57 bits per heavy atom. The average molecular weight is 321 g/mol. The van der Waals surface area contributed by atoms with Crippen molar-refractivity contribution >= 4 is 0 Å². The molecule has 0 saturated heterocycles. The second kappa shape index (κ2) is 8.48. The van der Waals surface area contributed by atoms with E-state index in [1.807, 2.05) is 31.2 Å². The summed E-state index contributed by atoms with van der Waals surface area (Å²) in [6.07, 6.45) is 0. The molecule has 124 valence electrons. The molecule has 3 nitrogen and oxygen atoms in total. The molecule has 2 aromatic rings. The normalized spacial score (nSPS) is 12.2. The predicted molar refractivity (Wildman–Crippen MR) is 85.9 cm³/mol. The lowest BCUT2D eigenvalue weighted by molar-refractivity contribution is -0.0498. The van der Waals surface area contributed by atoms with Crippen molar-refractivity contribution in [3.63, 3.8) is 0 Å². The Morgan fingerprint density at radius 1 is 0.957 bits per heavy atom. The summed E-state index contributed by atoms with van der Waals surface area (Å²) in [6.45, 7) is 2.53. The summed E-state index contributed by atoms with van der Waals surface area (Å²) >= 11 is 0. The first-order chi connectivity index (χ1) is 11.1. The molecule has 0 spiro atoms. The third-order valence-electron chi connectivity index (χ3n) is 3.45. The van der Waals surface area contributed by atoms with Gasteiger partial charge in [-0.25, -0.2) is 0 Å². The monoisotopic (exact) mass is 321 g/mol. The van der Waals surface area contributed by atoms with E-state index in [0.29, 0.717) is 13.2 Å². The van der Waals surface area contributed by atoms with Gasteiger partial charge in [0, 0.05) is 12.6 Å². The van der Waals surface area contributed by atoms with Crippen molar-refractivity contribution < 1.29 is 18.3 Å². The van der Waals surface area contributed by atoms with Gasteiger partial charge < -0.3 is 14.8 Å². The van der Waals surface area contributed by atoms with E-state index in [-0.39, 0.29) is 11.8 Å². The number of alkyl halides is 2. The van der Waals surface area contributed by atoms with Crippen molar-refractivity contribution in [3.05, 3.63) is 59.7 Å². The maximum atomic E-state index is 12.1. The lowest BCUT2D eigenvalue weighted by Gasteiger charge is -2.15. The van der Waals surface area contributed by atoms with Crippen molar-refractivity contribution in [3.8, 4) is 11.5 Å². The van der Waals surface area contributed by atoms with Crippen LogP contribution in [-0.4, -0.2) is 13.2 Å². The van der Waals surface area contributed by atoms with Gasteiger partial charge in [-0.3, -0.25) is 0 Å². The SMILES string of the molecule is CCOc1ccc(C(C)NCc2ccc(OC(F)F)cc2)cc1. The van der Waals surface area contributed by atoms with Crippen molar-refractivity contribution in [2.45, 2.75) is 33.0 Å². The minimum atomic E-state index is -2.79. The largest absolute Gasteiger partial charge is 0.494 e. The minimum Gasteiger partial charge on any atom is -0.494 e. The number of rotatable bonds is 8. The molecular formula is C18H21F2NO2. The van der Waals surface area contributed by atoms with Crippen LogP contribution in [0, 0.1) is 0 Å². The lowest BCUT2D eigenvalue weighted by atomic mass is 10.1. The highest BCUT2D eigenvalue weighted by molar-refractivity contribution is 5.30. The topological polar surface area (TPSA) is 30.5 Å². The average Bonchev–Trinajstić information content (AvgIpc) is 2.54. The van der Waals surface area contributed by atoms with Gasteiger partial charge in [0.25, 0.3) is 0 Å². The zero-order valence-electron chi connectivity index (χ0n) is 13.3. The highest BCUT2D eigenvalue weighted by atomic mass is 19.3. The van der Waals surface area contributed by atoms with Crippen molar-refractivity contribution in [2.24, 2.45) is 0 Å². The first-order valence-electron chi connectivity index (χ1n) is 7.58. The molecule has 1 atom stereocenters. The molecule has 0 aliphatic carbocycles. The molecule has 0 bridgehead atoms. The molecular weight excluding hydrogens is 300 g/mol. The maximum absolute atomic E-state index is 12.1. The summed E-state index contributed by atoms with van der Waals surface area (Å²) < 4.78 is 33.9. The number of nitrogens with one attached hydrogen (secondary N) is 1. The zero-order chi connectivity index (χ0) is 16.7. The Kier molecular flexibility index (Phi) is 6.35. The maximum Gasteiger partial charge on any atom is 0.387 e. The lowest BCUT2D eigenvalue weighted by Crippen LogP contribution is -2.18. The Balaban J connectivity index is 1.87. The van der Waals surface area contributed by atoms with Gasteiger partial charge in [0.15, 0.2) is 0 Å². The summed E-state index contributed by atoms with van der Waals surface area (Å²) in [4.78, 5) is 0. The molecule has 5 heteroatoms. The van der Waals surface area contributed by atoms with E-state index >= 15 is 0 Å². The van der Waals surface area contributed by atoms with E-state index in [9.17, 15) is 8.78 Å². The molecule has 0 heterocycles. The van der Waals surface area contributed by atoms with Gasteiger partial charge in [-0.2, -0.15) is 8.78 Å². The second-order valence-electron chi connectivity index (χ2n) is 5.13. The van der Waals surface area contributed by atoms with Gasteiger partial charge in [-0.15, -0.1) is 0 Å². The number of hydrogen-bond donors (Lipinski definition) is 1. The van der Waals surface area contributed by atoms with Crippen LogP contribution in [-0.2, 0) is 6.54 Å². The number of benzene rings is 2. The van der Waals surface area contributed by atoms with Gasteiger partial charge in [0.05, 0.1) is 6.61 Å². The third-order valence-corrected chi connectivity index (χ3v) is 3.45. The Morgan fingerprint density at radius 3 is 2.13 bits per heavy atom. The van der Waals surface area contributed by atoms with Crippen molar-refractivity contribution in [1.29, 1.82) is 0 Å². The highest BCUT2D eigenvalue weighted by Crippen LogP contribution is 2.19. The van der Waals surface area contributed by atoms with Gasteiger partial charge >= 0.3 is 6.61 Å². The fraction of sp³-hybridized carbons (Fsp3) is 0.333. The summed E-state index contributed by atoms with van der Waals surface area (Å²) in [5.41, 5.74) is 2.16. The molecule has 1 N–H and O–H groups in total. The molecule has 2 rings (SSSR count). The fourth-order valence-electron chi connectivity index (χ4n) is 2.20. The van der Waals surface area contributed by atoms with Crippen LogP contribution in [0.1, 0.15) is 31.0 Å². The molecule has 2 aromatic carbocycles. The van der Waals surface area contributed by atoms with Crippen LogP contribution < -0.4 is 14.8 Å². The summed E-state index contributed by atoms with van der Waals surface area (Å²) in [6, 6.07) is 14.8. The Hall–Kier alpha value is -2.14. The van der Waals surface area contributed by atoms with Crippen LogP contribution in [0.5, 0.6) is 11.5 Å². The summed E-state index contributed by atoms with van der Waals surface area (Å²) in [5, 5.41) is 3.40. The molecule has 0 radical (unpaired) electrons. The highest BCUT2D eigenvalue weighted by Gasteiger charge is 2.06. The van der Waals surface area contributed by atoms with Crippen LogP contribution in [0.15, 0.2) is 48.5 Å². The van der Waals surface area contributed by atoms with Crippen LogP contribution in [0.25, 0.3) is 0 Å². The smallest absolute Gasteiger partial charge is 0.387 e. The van der Waals surface area contributed by atoms with Gasteiger partial charge in [0.2, 0.25) is 0 Å². The predicted octanol–water partition coefficient (Wildman–Crippen LogP) is 4.54. The van der Waals surface area contributed by atoms with Crippen molar-refractivity contribution in [2.75, 3.05) is 6.61 Å². The van der Waals surface area contributed by atoms with Crippen LogP contribution in [0.3, 0.4) is 0 Å². The zero-order valence-corrected chi connectivity index (χ0v) is 13.3. The number of halogens is 2. The summed E-state index contributed by atoms with van der Waals surface area (Å²) in [5.74, 6) is 1.03. The molecule has 1 unspecified atom stereocenters. The standard InChI is InChI=1S/C18H21F2NO2/c1-3-22-16-10-6-15(7-11-16)13(2)21-12-14-4-8-17(9-5-14)23-18(19)20/h4-11,13,18,21H,3,12H2,1-2H3. The molecule has 0 amide bonds.